The van der Waals surface area contributed by atoms with Crippen molar-refractivity contribution in [2.24, 2.45) is 0 Å². The molecule has 0 aliphatic rings. The highest BCUT2D eigenvalue weighted by atomic mass is 32.2. The molecule has 0 unspecified atom stereocenters. The van der Waals surface area contributed by atoms with E-state index in [4.69, 9.17) is 5.41 Å². The van der Waals surface area contributed by atoms with E-state index in [0.717, 1.165) is 0 Å². The third-order valence-corrected chi connectivity index (χ3v) is 3.38. The van der Waals surface area contributed by atoms with Crippen molar-refractivity contribution in [1.29, 1.82) is 5.41 Å². The second-order valence-corrected chi connectivity index (χ2v) is 4.79. The fourth-order valence-corrected chi connectivity index (χ4v) is 2.24. The highest BCUT2D eigenvalue weighted by molar-refractivity contribution is 7.92. The first-order valence-electron chi connectivity index (χ1n) is 4.04. The van der Waals surface area contributed by atoms with E-state index in [0.29, 0.717) is 0 Å². The molecule has 0 radical (unpaired) electrons. The maximum Gasteiger partial charge on any atom is 0.184 e. The molecule has 0 saturated carbocycles. The Labute approximate surface area is 83.5 Å². The smallest absolute Gasteiger partial charge is 0.184 e. The Kier molecular flexibility index (Phi) is 3.19. The van der Waals surface area contributed by atoms with E-state index in [9.17, 15) is 8.42 Å². The fourth-order valence-electron chi connectivity index (χ4n) is 0.975. The van der Waals surface area contributed by atoms with Gasteiger partial charge in [0.25, 0.3) is 0 Å². The van der Waals surface area contributed by atoms with Crippen molar-refractivity contribution in [3.63, 3.8) is 0 Å². The molecule has 4 heteroatoms. The van der Waals surface area contributed by atoms with Crippen LogP contribution in [0.1, 0.15) is 0 Å². The number of allylic oxidation sites excluding steroid dienone is 1. The second-order valence-electron chi connectivity index (χ2n) is 2.80. The molecule has 74 valence electrons. The van der Waals surface area contributed by atoms with Gasteiger partial charge in [0.1, 0.15) is 0 Å². The summed E-state index contributed by atoms with van der Waals surface area (Å²) in [6.07, 6.45) is 1.24. The zero-order chi connectivity index (χ0) is 10.6. The van der Waals surface area contributed by atoms with Crippen molar-refractivity contribution in [2.75, 3.05) is 5.75 Å². The minimum atomic E-state index is -3.37. The predicted molar refractivity (Wildman–Crippen MR) is 56.4 cm³/mol. The summed E-state index contributed by atoms with van der Waals surface area (Å²) in [6.45, 7) is 3.35. The van der Waals surface area contributed by atoms with Crippen LogP contribution in [0.15, 0.2) is 47.9 Å². The van der Waals surface area contributed by atoms with Crippen molar-refractivity contribution in [2.45, 2.75) is 4.90 Å². The van der Waals surface area contributed by atoms with E-state index in [1.54, 1.807) is 18.2 Å². The Bertz CT molecular complexity index is 434. The normalized spacial score (nSPS) is 10.9. The van der Waals surface area contributed by atoms with Crippen LogP contribution in [0.3, 0.4) is 0 Å². The van der Waals surface area contributed by atoms with Gasteiger partial charge in [-0.05, 0) is 18.2 Å². The lowest BCUT2D eigenvalue weighted by molar-refractivity contribution is 0.600. The van der Waals surface area contributed by atoms with E-state index in [1.165, 1.54) is 18.2 Å². The van der Waals surface area contributed by atoms with E-state index < -0.39 is 9.84 Å². The van der Waals surface area contributed by atoms with Gasteiger partial charge in [0.05, 0.1) is 10.6 Å². The van der Waals surface area contributed by atoms with Gasteiger partial charge in [-0.1, -0.05) is 24.8 Å². The SMILES string of the molecule is C=CC(=N)CS(=O)(=O)c1ccccc1. The number of hydrogen-bond acceptors (Lipinski definition) is 3. The van der Waals surface area contributed by atoms with Crippen LogP contribution >= 0.6 is 0 Å². The highest BCUT2D eigenvalue weighted by Crippen LogP contribution is 2.09. The van der Waals surface area contributed by atoms with Crippen LogP contribution < -0.4 is 0 Å². The van der Waals surface area contributed by atoms with Gasteiger partial charge in [-0.3, -0.25) is 0 Å². The molecule has 1 aromatic carbocycles. The number of benzene rings is 1. The van der Waals surface area contributed by atoms with Crippen LogP contribution in [0.2, 0.25) is 0 Å². The van der Waals surface area contributed by atoms with E-state index >= 15 is 0 Å². The molecule has 0 saturated heterocycles. The summed E-state index contributed by atoms with van der Waals surface area (Å²) in [5.74, 6) is -0.291. The van der Waals surface area contributed by atoms with E-state index in [1.807, 2.05) is 0 Å². The minimum Gasteiger partial charge on any atom is -0.304 e. The first-order chi connectivity index (χ1) is 6.56. The molecule has 1 N–H and O–H groups in total. The number of nitrogens with one attached hydrogen (secondary N) is 1. The molecule has 0 aliphatic carbocycles. The molecule has 0 atom stereocenters. The topological polar surface area (TPSA) is 58.0 Å². The van der Waals surface area contributed by atoms with Gasteiger partial charge in [-0.2, -0.15) is 0 Å². The molecule has 0 aliphatic heterocycles. The summed E-state index contributed by atoms with van der Waals surface area (Å²) < 4.78 is 23.2. The predicted octanol–water partition coefficient (Wildman–Crippen LogP) is 1.67. The van der Waals surface area contributed by atoms with Gasteiger partial charge < -0.3 is 5.41 Å². The molecular formula is C10H11NO2S. The third kappa shape index (κ3) is 2.53. The lowest BCUT2D eigenvalue weighted by atomic mass is 10.4. The standard InChI is InChI=1S/C10H11NO2S/c1-2-9(11)8-14(12,13)10-6-4-3-5-7-10/h2-7,11H,1,8H2. The Morgan fingerprint density at radius 3 is 2.43 bits per heavy atom. The Hall–Kier alpha value is -1.42. The summed E-state index contributed by atoms with van der Waals surface area (Å²) in [7, 11) is -3.37. The molecule has 0 fully saturated rings. The molecular weight excluding hydrogens is 198 g/mol. The molecule has 0 spiro atoms. The first-order valence-corrected chi connectivity index (χ1v) is 5.69. The van der Waals surface area contributed by atoms with Gasteiger partial charge in [0.2, 0.25) is 0 Å². The third-order valence-electron chi connectivity index (χ3n) is 1.69. The van der Waals surface area contributed by atoms with Crippen LogP contribution in [0.4, 0.5) is 0 Å². The largest absolute Gasteiger partial charge is 0.304 e. The molecule has 1 aromatic rings. The van der Waals surface area contributed by atoms with Crippen molar-refractivity contribution < 1.29 is 8.42 Å². The zero-order valence-electron chi connectivity index (χ0n) is 7.60. The van der Waals surface area contributed by atoms with Crippen LogP contribution in [0, 0.1) is 5.41 Å². The lowest BCUT2D eigenvalue weighted by Gasteiger charge is -2.02. The summed E-state index contributed by atoms with van der Waals surface area (Å²) in [4.78, 5) is 0.242. The van der Waals surface area contributed by atoms with Crippen molar-refractivity contribution in [1.82, 2.24) is 0 Å². The molecule has 3 nitrogen and oxygen atoms in total. The maximum absolute atomic E-state index is 11.6. The molecule has 0 amide bonds. The van der Waals surface area contributed by atoms with Crippen LogP contribution in [0.25, 0.3) is 0 Å². The fraction of sp³-hybridized carbons (Fsp3) is 0.100. The van der Waals surface area contributed by atoms with Crippen LogP contribution in [-0.2, 0) is 9.84 Å². The number of rotatable bonds is 4. The Morgan fingerprint density at radius 2 is 1.93 bits per heavy atom. The summed E-state index contributed by atoms with van der Waals surface area (Å²) in [5, 5.41) is 7.25. The van der Waals surface area contributed by atoms with E-state index in [2.05, 4.69) is 6.58 Å². The molecule has 0 heterocycles. The van der Waals surface area contributed by atoms with Crippen molar-refractivity contribution >= 4 is 15.5 Å². The average Bonchev–Trinajstić information content (AvgIpc) is 2.18. The summed E-state index contributed by atoms with van der Waals surface area (Å²) in [6, 6.07) is 8.10. The van der Waals surface area contributed by atoms with Gasteiger partial charge >= 0.3 is 0 Å². The molecule has 0 aromatic heterocycles. The molecule has 0 bridgehead atoms. The van der Waals surface area contributed by atoms with Gasteiger partial charge in [-0.15, -0.1) is 0 Å². The first kappa shape index (κ1) is 10.7. The average molecular weight is 209 g/mol. The highest BCUT2D eigenvalue weighted by Gasteiger charge is 2.14. The van der Waals surface area contributed by atoms with Crippen molar-refractivity contribution in [3.8, 4) is 0 Å². The quantitative estimate of drug-likeness (QED) is 0.767. The van der Waals surface area contributed by atoms with Gasteiger partial charge in [0.15, 0.2) is 9.84 Å². The van der Waals surface area contributed by atoms with Gasteiger partial charge in [-0.25, -0.2) is 8.42 Å². The molecule has 14 heavy (non-hydrogen) atoms. The van der Waals surface area contributed by atoms with Crippen LogP contribution in [-0.4, -0.2) is 19.9 Å². The summed E-state index contributed by atoms with van der Waals surface area (Å²) in [5.41, 5.74) is 0.00820. The zero-order valence-corrected chi connectivity index (χ0v) is 8.42. The number of hydrogen-bond donors (Lipinski definition) is 1. The number of sulfone groups is 1. The second kappa shape index (κ2) is 4.19. The molecule has 1 rings (SSSR count). The van der Waals surface area contributed by atoms with Crippen LogP contribution in [0.5, 0.6) is 0 Å². The lowest BCUT2D eigenvalue weighted by Crippen LogP contribution is -2.13. The Balaban J connectivity index is 2.98. The minimum absolute atomic E-state index is 0.00820. The van der Waals surface area contributed by atoms with Crippen molar-refractivity contribution in [3.05, 3.63) is 43.0 Å². The summed E-state index contributed by atoms with van der Waals surface area (Å²) >= 11 is 0. The Morgan fingerprint density at radius 1 is 1.36 bits per heavy atom. The monoisotopic (exact) mass is 209 g/mol. The van der Waals surface area contributed by atoms with E-state index in [-0.39, 0.29) is 16.4 Å². The van der Waals surface area contributed by atoms with Gasteiger partial charge in [0, 0.05) is 5.71 Å². The maximum atomic E-state index is 11.6.